The third kappa shape index (κ3) is 6.72. The summed E-state index contributed by atoms with van der Waals surface area (Å²) in [5.41, 5.74) is 4.98. The summed E-state index contributed by atoms with van der Waals surface area (Å²) >= 11 is 0. The fourth-order valence-corrected chi connectivity index (χ4v) is 3.91. The number of benzene rings is 2. The molecule has 1 aliphatic rings. The van der Waals surface area contributed by atoms with Crippen LogP contribution in [0, 0.1) is 12.8 Å². The van der Waals surface area contributed by atoms with E-state index >= 15 is 0 Å². The van der Waals surface area contributed by atoms with Crippen molar-refractivity contribution in [3.8, 4) is 11.1 Å². The van der Waals surface area contributed by atoms with Gasteiger partial charge in [-0.05, 0) is 48.4 Å². The Morgan fingerprint density at radius 2 is 1.77 bits per heavy atom. The fourth-order valence-electron chi connectivity index (χ4n) is 3.91. The molecule has 1 aliphatic heterocycles. The van der Waals surface area contributed by atoms with Crippen LogP contribution in [0.1, 0.15) is 30.4 Å². The number of piperidine rings is 1. The molecule has 0 radical (unpaired) electrons. The summed E-state index contributed by atoms with van der Waals surface area (Å²) in [5.74, 6) is 1.54. The number of halogens is 1. The fraction of sp³-hybridized carbons (Fsp3) is 0.417. The van der Waals surface area contributed by atoms with Gasteiger partial charge in [-0.3, -0.25) is 9.79 Å². The Kier molecular flexibility index (Phi) is 9.62. The van der Waals surface area contributed by atoms with Crippen LogP contribution in [0.2, 0.25) is 0 Å². The summed E-state index contributed by atoms with van der Waals surface area (Å²) in [6.07, 6.45) is 2.68. The first-order chi connectivity index (χ1) is 14.1. The van der Waals surface area contributed by atoms with Gasteiger partial charge in [0.25, 0.3) is 0 Å². The van der Waals surface area contributed by atoms with Crippen LogP contribution in [0.3, 0.4) is 0 Å². The van der Waals surface area contributed by atoms with Crippen molar-refractivity contribution >= 4 is 35.8 Å². The van der Waals surface area contributed by atoms with Crippen LogP contribution < -0.4 is 10.6 Å². The van der Waals surface area contributed by atoms with Gasteiger partial charge in [-0.2, -0.15) is 0 Å². The normalized spacial score (nSPS) is 14.8. The van der Waals surface area contributed by atoms with Crippen molar-refractivity contribution in [1.82, 2.24) is 15.5 Å². The van der Waals surface area contributed by atoms with Crippen molar-refractivity contribution in [2.24, 2.45) is 10.9 Å². The van der Waals surface area contributed by atoms with E-state index in [1.807, 2.05) is 7.05 Å². The van der Waals surface area contributed by atoms with Crippen molar-refractivity contribution in [3.05, 3.63) is 59.7 Å². The molecule has 0 aromatic heterocycles. The monoisotopic (exact) mass is 520 g/mol. The van der Waals surface area contributed by atoms with E-state index in [1.165, 1.54) is 22.3 Å². The van der Waals surface area contributed by atoms with Crippen LogP contribution in [0.4, 0.5) is 0 Å². The van der Waals surface area contributed by atoms with Crippen LogP contribution in [-0.2, 0) is 11.3 Å². The molecule has 0 bridgehead atoms. The number of carbonyl (C=O) groups is 1. The summed E-state index contributed by atoms with van der Waals surface area (Å²) in [7, 11) is 3.54. The van der Waals surface area contributed by atoms with Gasteiger partial charge >= 0.3 is 0 Å². The molecule has 2 N–H and O–H groups in total. The summed E-state index contributed by atoms with van der Waals surface area (Å²) in [4.78, 5) is 18.4. The first-order valence-corrected chi connectivity index (χ1v) is 10.4. The first kappa shape index (κ1) is 24.2. The summed E-state index contributed by atoms with van der Waals surface area (Å²) in [6.45, 7) is 4.73. The van der Waals surface area contributed by atoms with Gasteiger partial charge in [0.05, 0.1) is 0 Å². The second kappa shape index (κ2) is 11.9. The maximum atomic E-state index is 11.6. The Morgan fingerprint density at radius 3 is 2.40 bits per heavy atom. The van der Waals surface area contributed by atoms with Crippen LogP contribution in [0.15, 0.2) is 53.5 Å². The highest BCUT2D eigenvalue weighted by atomic mass is 127. The number of likely N-dealkylation sites (tertiary alicyclic amines) is 1. The Labute approximate surface area is 197 Å². The topological polar surface area (TPSA) is 56.7 Å². The standard InChI is InChI=1S/C24H32N4O.HI/c1-18-6-4-8-21(14-18)22-9-5-7-20(15-22)17-27-24(26-3)28-12-10-19(11-13-28)16-23(29)25-2;/h4-9,14-15,19H,10-13,16-17H2,1-3H3,(H,25,29)(H,26,27);1H. The minimum Gasteiger partial charge on any atom is -0.359 e. The number of carbonyl (C=O) groups excluding carboxylic acids is 1. The average molecular weight is 520 g/mol. The van der Waals surface area contributed by atoms with Crippen LogP contribution >= 0.6 is 24.0 Å². The smallest absolute Gasteiger partial charge is 0.220 e. The molecule has 1 amide bonds. The molecule has 0 spiro atoms. The number of aryl methyl sites for hydroxylation is 1. The molecule has 0 aliphatic carbocycles. The molecule has 0 unspecified atom stereocenters. The summed E-state index contributed by atoms with van der Waals surface area (Å²) in [5, 5.41) is 6.24. The van der Waals surface area contributed by atoms with Crippen molar-refractivity contribution < 1.29 is 4.79 Å². The van der Waals surface area contributed by atoms with Gasteiger partial charge in [0.15, 0.2) is 5.96 Å². The van der Waals surface area contributed by atoms with E-state index in [4.69, 9.17) is 0 Å². The molecule has 1 fully saturated rings. The zero-order valence-corrected chi connectivity index (χ0v) is 20.5. The van der Waals surface area contributed by atoms with E-state index < -0.39 is 0 Å². The molecular weight excluding hydrogens is 487 g/mol. The number of amides is 1. The van der Waals surface area contributed by atoms with E-state index in [-0.39, 0.29) is 29.9 Å². The molecule has 0 saturated carbocycles. The maximum absolute atomic E-state index is 11.6. The Bertz CT molecular complexity index is 860. The number of nitrogens with one attached hydrogen (secondary N) is 2. The lowest BCUT2D eigenvalue weighted by atomic mass is 9.93. The molecular formula is C24H33IN4O. The lowest BCUT2D eigenvalue weighted by Gasteiger charge is -2.34. The predicted octanol–water partition coefficient (Wildman–Crippen LogP) is 4.20. The SMILES string of the molecule is CN=C(NCc1cccc(-c2cccc(C)c2)c1)N1CCC(CC(=O)NC)CC1.I. The van der Waals surface area contributed by atoms with Crippen LogP contribution in [-0.4, -0.2) is 44.0 Å². The molecule has 2 aromatic rings. The molecule has 6 heteroatoms. The molecule has 1 heterocycles. The van der Waals surface area contributed by atoms with Gasteiger partial charge in [-0.25, -0.2) is 0 Å². The molecule has 1 saturated heterocycles. The highest BCUT2D eigenvalue weighted by Gasteiger charge is 2.23. The minimum absolute atomic E-state index is 0. The van der Waals surface area contributed by atoms with Gasteiger partial charge in [-0.15, -0.1) is 24.0 Å². The van der Waals surface area contributed by atoms with Crippen molar-refractivity contribution in [2.75, 3.05) is 27.2 Å². The quantitative estimate of drug-likeness (QED) is 0.353. The van der Waals surface area contributed by atoms with Crippen molar-refractivity contribution in [3.63, 3.8) is 0 Å². The van der Waals surface area contributed by atoms with Gasteiger partial charge in [0, 0.05) is 40.2 Å². The number of guanidine groups is 1. The third-order valence-electron chi connectivity index (χ3n) is 5.61. The van der Waals surface area contributed by atoms with E-state index in [0.717, 1.165) is 38.4 Å². The van der Waals surface area contributed by atoms with Gasteiger partial charge in [-0.1, -0.05) is 48.0 Å². The average Bonchev–Trinajstić information content (AvgIpc) is 2.75. The van der Waals surface area contributed by atoms with E-state index in [0.29, 0.717) is 12.3 Å². The molecule has 0 atom stereocenters. The van der Waals surface area contributed by atoms with Gasteiger partial charge in [0.1, 0.15) is 0 Å². The van der Waals surface area contributed by atoms with E-state index in [2.05, 4.69) is 76.0 Å². The molecule has 2 aromatic carbocycles. The highest BCUT2D eigenvalue weighted by Crippen LogP contribution is 2.22. The maximum Gasteiger partial charge on any atom is 0.220 e. The lowest BCUT2D eigenvalue weighted by molar-refractivity contribution is -0.121. The number of rotatable bonds is 5. The first-order valence-electron chi connectivity index (χ1n) is 10.4. The highest BCUT2D eigenvalue weighted by molar-refractivity contribution is 14.0. The van der Waals surface area contributed by atoms with Gasteiger partial charge < -0.3 is 15.5 Å². The summed E-state index contributed by atoms with van der Waals surface area (Å²) < 4.78 is 0. The zero-order chi connectivity index (χ0) is 20.6. The minimum atomic E-state index is 0. The second-order valence-corrected chi connectivity index (χ2v) is 7.78. The van der Waals surface area contributed by atoms with Crippen LogP contribution in [0.25, 0.3) is 11.1 Å². The Balaban J connectivity index is 0.00000320. The van der Waals surface area contributed by atoms with Gasteiger partial charge in [0.2, 0.25) is 5.91 Å². The number of aliphatic imine (C=N–C) groups is 1. The largest absolute Gasteiger partial charge is 0.359 e. The number of hydrogen-bond acceptors (Lipinski definition) is 2. The second-order valence-electron chi connectivity index (χ2n) is 7.78. The molecule has 30 heavy (non-hydrogen) atoms. The van der Waals surface area contributed by atoms with Crippen molar-refractivity contribution in [2.45, 2.75) is 32.7 Å². The Hall–Kier alpha value is -2.09. The zero-order valence-electron chi connectivity index (χ0n) is 18.1. The van der Waals surface area contributed by atoms with E-state index in [1.54, 1.807) is 7.05 Å². The third-order valence-corrected chi connectivity index (χ3v) is 5.61. The number of hydrogen-bond donors (Lipinski definition) is 2. The van der Waals surface area contributed by atoms with Crippen molar-refractivity contribution in [1.29, 1.82) is 0 Å². The number of nitrogens with zero attached hydrogens (tertiary/aromatic N) is 2. The van der Waals surface area contributed by atoms with E-state index in [9.17, 15) is 4.79 Å². The van der Waals surface area contributed by atoms with Crippen LogP contribution in [0.5, 0.6) is 0 Å². The lowest BCUT2D eigenvalue weighted by Crippen LogP contribution is -2.45. The predicted molar refractivity (Wildman–Crippen MR) is 135 cm³/mol. The molecule has 5 nitrogen and oxygen atoms in total. The summed E-state index contributed by atoms with van der Waals surface area (Å²) in [6, 6.07) is 17.3. The molecule has 3 rings (SSSR count). The Morgan fingerprint density at radius 1 is 1.10 bits per heavy atom. The molecule has 162 valence electrons.